The molecule has 0 bridgehead atoms. The second-order valence-electron chi connectivity index (χ2n) is 8.37. The molecule has 1 heterocycles. The fourth-order valence-corrected chi connectivity index (χ4v) is 3.96. The van der Waals surface area contributed by atoms with Crippen LogP contribution in [0.2, 0.25) is 0 Å². The summed E-state index contributed by atoms with van der Waals surface area (Å²) in [4.78, 5) is 12.4. The lowest BCUT2D eigenvalue weighted by atomic mass is 9.99. The Morgan fingerprint density at radius 1 is 0.895 bits per heavy atom. The number of rotatable bonds is 12. The number of ether oxygens (including phenoxy) is 7. The minimum atomic E-state index is -1.55. The molecule has 2 aromatic carbocycles. The van der Waals surface area contributed by atoms with Crippen LogP contribution in [0.1, 0.15) is 11.1 Å². The molecule has 5 atom stereocenters. The summed E-state index contributed by atoms with van der Waals surface area (Å²) >= 11 is 0. The molecule has 0 aliphatic carbocycles. The van der Waals surface area contributed by atoms with Crippen molar-refractivity contribution in [2.24, 2.45) is 0 Å². The van der Waals surface area contributed by atoms with Crippen LogP contribution in [0.5, 0.6) is 23.0 Å². The third kappa shape index (κ3) is 7.15. The van der Waals surface area contributed by atoms with Crippen LogP contribution in [0, 0.1) is 0 Å². The van der Waals surface area contributed by atoms with Crippen LogP contribution in [0.3, 0.4) is 0 Å². The van der Waals surface area contributed by atoms with Gasteiger partial charge in [0.1, 0.15) is 18.3 Å². The topological polar surface area (TPSA) is 142 Å². The van der Waals surface area contributed by atoms with E-state index in [1.807, 2.05) is 6.07 Å². The number of hydrogen-bond acceptors (Lipinski definition) is 11. The lowest BCUT2D eigenvalue weighted by molar-refractivity contribution is -0.302. The Hall–Kier alpha value is -3.35. The van der Waals surface area contributed by atoms with Crippen LogP contribution in [0.25, 0.3) is 6.08 Å². The van der Waals surface area contributed by atoms with Gasteiger partial charge in [0, 0.05) is 6.08 Å². The fourth-order valence-electron chi connectivity index (χ4n) is 3.96. The van der Waals surface area contributed by atoms with E-state index in [-0.39, 0.29) is 6.61 Å². The summed E-state index contributed by atoms with van der Waals surface area (Å²) in [7, 11) is 6.10. The van der Waals surface area contributed by atoms with Gasteiger partial charge in [-0.15, -0.1) is 0 Å². The first-order valence-electron chi connectivity index (χ1n) is 11.9. The largest absolute Gasteiger partial charge is 0.493 e. The number of benzene rings is 2. The van der Waals surface area contributed by atoms with E-state index in [9.17, 15) is 20.1 Å². The van der Waals surface area contributed by atoms with Crippen molar-refractivity contribution in [3.63, 3.8) is 0 Å². The van der Waals surface area contributed by atoms with Gasteiger partial charge in [0.25, 0.3) is 0 Å². The molecule has 3 N–H and O–H groups in total. The number of methoxy groups -OCH3 is 4. The number of carbonyl (C=O) groups is 1. The van der Waals surface area contributed by atoms with Crippen LogP contribution >= 0.6 is 0 Å². The highest BCUT2D eigenvalue weighted by Gasteiger charge is 2.46. The molecular formula is C27H34O11. The van der Waals surface area contributed by atoms with Gasteiger partial charge in [0.15, 0.2) is 35.4 Å². The number of hydrogen-bond donors (Lipinski definition) is 3. The molecule has 2 aromatic rings. The molecule has 1 aliphatic heterocycles. The zero-order valence-corrected chi connectivity index (χ0v) is 21.7. The molecule has 1 fully saturated rings. The van der Waals surface area contributed by atoms with Crippen molar-refractivity contribution in [3.8, 4) is 23.0 Å². The first kappa shape index (κ1) is 29.2. The smallest absolute Gasteiger partial charge is 0.331 e. The van der Waals surface area contributed by atoms with Crippen molar-refractivity contribution in [2.75, 3.05) is 41.7 Å². The maximum Gasteiger partial charge on any atom is 0.331 e. The summed E-state index contributed by atoms with van der Waals surface area (Å²) in [5.41, 5.74) is 1.53. The lowest BCUT2D eigenvalue weighted by Crippen LogP contribution is -2.60. The first-order valence-corrected chi connectivity index (χ1v) is 11.9. The van der Waals surface area contributed by atoms with Gasteiger partial charge in [-0.3, -0.25) is 0 Å². The van der Waals surface area contributed by atoms with Crippen LogP contribution < -0.4 is 18.9 Å². The Labute approximate surface area is 221 Å². The Morgan fingerprint density at radius 3 is 2.16 bits per heavy atom. The van der Waals surface area contributed by atoms with E-state index in [4.69, 9.17) is 33.2 Å². The lowest BCUT2D eigenvalue weighted by Gasteiger charge is -2.41. The van der Waals surface area contributed by atoms with Crippen LogP contribution in [0.4, 0.5) is 0 Å². The molecule has 3 rings (SSSR count). The third-order valence-corrected chi connectivity index (χ3v) is 6.01. The van der Waals surface area contributed by atoms with Crippen molar-refractivity contribution in [2.45, 2.75) is 37.1 Å². The highest BCUT2D eigenvalue weighted by Crippen LogP contribution is 2.29. The highest BCUT2D eigenvalue weighted by molar-refractivity contribution is 5.87. The Balaban J connectivity index is 1.57. The van der Waals surface area contributed by atoms with Gasteiger partial charge in [-0.1, -0.05) is 12.1 Å². The van der Waals surface area contributed by atoms with Crippen LogP contribution in [0.15, 0.2) is 42.5 Å². The van der Waals surface area contributed by atoms with Gasteiger partial charge < -0.3 is 48.5 Å². The summed E-state index contributed by atoms with van der Waals surface area (Å²) in [6.07, 6.45) is -3.64. The molecule has 11 heteroatoms. The summed E-state index contributed by atoms with van der Waals surface area (Å²) in [6, 6.07) is 10.5. The number of carbonyl (C=O) groups excluding carboxylic acids is 1. The Bertz CT molecular complexity index is 1080. The second-order valence-corrected chi connectivity index (χ2v) is 8.37. The maximum atomic E-state index is 12.4. The summed E-state index contributed by atoms with van der Waals surface area (Å²) in [5, 5.41) is 31.0. The minimum absolute atomic E-state index is 0.139. The van der Waals surface area contributed by atoms with Gasteiger partial charge >= 0.3 is 5.97 Å². The molecule has 0 spiro atoms. The molecule has 0 radical (unpaired) electrons. The molecule has 1 aliphatic rings. The molecular weight excluding hydrogens is 500 g/mol. The minimum Gasteiger partial charge on any atom is -0.493 e. The van der Waals surface area contributed by atoms with Crippen molar-refractivity contribution >= 4 is 12.0 Å². The molecule has 0 aromatic heterocycles. The molecule has 11 nitrogen and oxygen atoms in total. The van der Waals surface area contributed by atoms with Gasteiger partial charge in [-0.05, 0) is 47.9 Å². The predicted octanol–water partition coefficient (Wildman–Crippen LogP) is 1.34. The van der Waals surface area contributed by atoms with E-state index >= 15 is 0 Å². The Kier molecular flexibility index (Phi) is 10.7. The molecule has 0 amide bonds. The average molecular weight is 535 g/mol. The highest BCUT2D eigenvalue weighted by atomic mass is 16.7. The van der Waals surface area contributed by atoms with Crippen LogP contribution in [-0.2, 0) is 25.4 Å². The SMILES string of the molecule is COc1ccc(/C=C/C(=O)O[C@H]2[C@H](O)[C@@H](O)C(OCCc3ccc(OC)c(OC)c3)O[C@@H]2CO)cc1OC. The predicted molar refractivity (Wildman–Crippen MR) is 135 cm³/mol. The van der Waals surface area contributed by atoms with Gasteiger partial charge in [0.2, 0.25) is 0 Å². The molecule has 0 saturated carbocycles. The average Bonchev–Trinajstić information content (AvgIpc) is 2.95. The van der Waals surface area contributed by atoms with Crippen molar-refractivity contribution in [1.29, 1.82) is 0 Å². The van der Waals surface area contributed by atoms with E-state index in [0.717, 1.165) is 11.6 Å². The van der Waals surface area contributed by atoms with Gasteiger partial charge in [0.05, 0.1) is 41.7 Å². The van der Waals surface area contributed by atoms with Gasteiger partial charge in [-0.2, -0.15) is 0 Å². The van der Waals surface area contributed by atoms with Crippen molar-refractivity contribution in [1.82, 2.24) is 0 Å². The van der Waals surface area contributed by atoms with Crippen molar-refractivity contribution in [3.05, 3.63) is 53.6 Å². The first-order chi connectivity index (χ1) is 18.3. The van der Waals surface area contributed by atoms with Crippen LogP contribution in [-0.4, -0.2) is 93.6 Å². The summed E-state index contributed by atoms with van der Waals surface area (Å²) in [6.45, 7) is -0.433. The molecule has 1 saturated heterocycles. The van der Waals surface area contributed by atoms with E-state index < -0.39 is 43.3 Å². The van der Waals surface area contributed by atoms with E-state index in [2.05, 4.69) is 0 Å². The fraction of sp³-hybridized carbons (Fsp3) is 0.444. The summed E-state index contributed by atoms with van der Waals surface area (Å²) < 4.78 is 37.5. The number of aliphatic hydroxyl groups excluding tert-OH is 3. The number of aliphatic hydroxyl groups is 3. The maximum absolute atomic E-state index is 12.4. The third-order valence-electron chi connectivity index (χ3n) is 6.01. The zero-order chi connectivity index (χ0) is 27.7. The summed E-state index contributed by atoms with van der Waals surface area (Å²) in [5.74, 6) is 1.39. The molecule has 208 valence electrons. The Morgan fingerprint density at radius 2 is 1.53 bits per heavy atom. The van der Waals surface area contributed by atoms with Crippen molar-refractivity contribution < 1.29 is 53.3 Å². The molecule has 1 unspecified atom stereocenters. The second kappa shape index (κ2) is 14.0. The van der Waals surface area contributed by atoms with Gasteiger partial charge in [-0.25, -0.2) is 4.79 Å². The van der Waals surface area contributed by atoms with E-state index in [0.29, 0.717) is 35.0 Å². The normalized spacial score (nSPS) is 23.2. The standard InChI is InChI=1S/C27H34O11/c1-32-18-8-5-16(13-20(18)34-3)7-10-23(29)38-26-22(15-28)37-27(25(31)24(26)30)36-12-11-17-6-9-19(33-2)21(14-17)35-4/h5-10,13-14,22,24-28,30-31H,11-12,15H2,1-4H3/b10-7+/t22-,24-,25-,26-,27?/m1/s1. The quantitative estimate of drug-likeness (QED) is 0.268. The van der Waals surface area contributed by atoms with E-state index in [1.54, 1.807) is 37.4 Å². The number of esters is 1. The molecule has 38 heavy (non-hydrogen) atoms. The monoisotopic (exact) mass is 534 g/mol. The van der Waals surface area contributed by atoms with E-state index in [1.165, 1.54) is 27.4 Å². The zero-order valence-electron chi connectivity index (χ0n) is 21.7.